The van der Waals surface area contributed by atoms with Gasteiger partial charge in [0.1, 0.15) is 11.4 Å². The second-order valence-corrected chi connectivity index (χ2v) is 6.96. The van der Waals surface area contributed by atoms with Crippen LogP contribution in [0.5, 0.6) is 5.88 Å². The van der Waals surface area contributed by atoms with E-state index >= 15 is 0 Å². The number of aromatic nitrogens is 1. The Morgan fingerprint density at radius 3 is 2.67 bits per heavy atom. The fraction of sp³-hybridized carbons (Fsp3) is 0.688. The lowest BCUT2D eigenvalue weighted by atomic mass is 9.95. The van der Waals surface area contributed by atoms with Crippen molar-refractivity contribution in [3.05, 3.63) is 12.1 Å². The Hall–Kier alpha value is -1.49. The Bertz CT molecular complexity index is 499. The van der Waals surface area contributed by atoms with E-state index in [1.54, 1.807) is 7.11 Å². The van der Waals surface area contributed by atoms with Gasteiger partial charge in [-0.2, -0.15) is 4.98 Å². The van der Waals surface area contributed by atoms with Gasteiger partial charge in [-0.3, -0.25) is 0 Å². The molecule has 1 saturated heterocycles. The highest BCUT2D eigenvalue weighted by Crippen LogP contribution is 2.30. The maximum atomic E-state index is 5.97. The third-order valence-corrected chi connectivity index (χ3v) is 3.75. The first-order valence-electron chi connectivity index (χ1n) is 7.48. The van der Waals surface area contributed by atoms with Crippen LogP contribution in [-0.4, -0.2) is 36.4 Å². The molecule has 1 aliphatic heterocycles. The number of hydrogen-bond acceptors (Lipinski definition) is 5. The highest BCUT2D eigenvalue weighted by Gasteiger charge is 2.31. The Morgan fingerprint density at radius 1 is 1.33 bits per heavy atom. The summed E-state index contributed by atoms with van der Waals surface area (Å²) in [5, 5.41) is 0. The minimum Gasteiger partial charge on any atom is -0.470 e. The summed E-state index contributed by atoms with van der Waals surface area (Å²) >= 11 is 0. The molecule has 0 radical (unpaired) electrons. The molecule has 0 saturated carbocycles. The molecule has 21 heavy (non-hydrogen) atoms. The molecule has 2 rings (SSSR count). The van der Waals surface area contributed by atoms with Gasteiger partial charge in [0.15, 0.2) is 0 Å². The van der Waals surface area contributed by atoms with Crippen molar-refractivity contribution in [1.82, 2.24) is 4.98 Å². The zero-order chi connectivity index (χ0) is 15.7. The molecular weight excluding hydrogens is 266 g/mol. The van der Waals surface area contributed by atoms with Crippen molar-refractivity contribution in [2.75, 3.05) is 30.8 Å². The Labute approximate surface area is 127 Å². The summed E-state index contributed by atoms with van der Waals surface area (Å²) in [7, 11) is 1.77. The number of rotatable bonds is 3. The SMILES string of the molecule is COC1(C)CCCN(c2ccc(N)c(OC(C)(C)C)n2)C1. The molecule has 1 aliphatic rings. The van der Waals surface area contributed by atoms with Crippen LogP contribution in [0.15, 0.2) is 12.1 Å². The van der Waals surface area contributed by atoms with E-state index in [1.807, 2.05) is 32.9 Å². The number of nitrogen functional groups attached to an aromatic ring is 1. The molecule has 0 amide bonds. The third-order valence-electron chi connectivity index (χ3n) is 3.75. The fourth-order valence-electron chi connectivity index (χ4n) is 2.56. The van der Waals surface area contributed by atoms with Crippen molar-refractivity contribution in [1.29, 1.82) is 0 Å². The maximum absolute atomic E-state index is 5.97. The summed E-state index contributed by atoms with van der Waals surface area (Å²) in [4.78, 5) is 6.84. The summed E-state index contributed by atoms with van der Waals surface area (Å²) in [6, 6.07) is 3.81. The molecule has 2 heterocycles. The zero-order valence-corrected chi connectivity index (χ0v) is 13.8. The predicted molar refractivity (Wildman–Crippen MR) is 85.9 cm³/mol. The molecule has 0 spiro atoms. The number of ether oxygens (including phenoxy) is 2. The second-order valence-electron chi connectivity index (χ2n) is 6.96. The van der Waals surface area contributed by atoms with E-state index < -0.39 is 0 Å². The first-order valence-corrected chi connectivity index (χ1v) is 7.48. The fourth-order valence-corrected chi connectivity index (χ4v) is 2.56. The number of anilines is 2. The highest BCUT2D eigenvalue weighted by molar-refractivity contribution is 5.55. The second kappa shape index (κ2) is 5.72. The van der Waals surface area contributed by atoms with Crippen LogP contribution in [-0.2, 0) is 4.74 Å². The molecule has 0 bridgehead atoms. The van der Waals surface area contributed by atoms with Gasteiger partial charge in [-0.15, -0.1) is 0 Å². The van der Waals surface area contributed by atoms with E-state index in [2.05, 4.69) is 16.8 Å². The number of methoxy groups -OCH3 is 1. The van der Waals surface area contributed by atoms with Crippen molar-refractivity contribution in [2.24, 2.45) is 0 Å². The van der Waals surface area contributed by atoms with Gasteiger partial charge in [0.05, 0.1) is 11.3 Å². The first-order chi connectivity index (χ1) is 9.72. The maximum Gasteiger partial charge on any atom is 0.239 e. The summed E-state index contributed by atoms with van der Waals surface area (Å²) in [5.74, 6) is 1.40. The average molecular weight is 293 g/mol. The zero-order valence-electron chi connectivity index (χ0n) is 13.8. The lowest BCUT2D eigenvalue weighted by molar-refractivity contribution is -0.00486. The predicted octanol–water partition coefficient (Wildman–Crippen LogP) is 2.85. The van der Waals surface area contributed by atoms with Gasteiger partial charge < -0.3 is 20.1 Å². The topological polar surface area (TPSA) is 60.6 Å². The minimum atomic E-state index is -0.317. The van der Waals surface area contributed by atoms with E-state index in [-0.39, 0.29) is 11.2 Å². The summed E-state index contributed by atoms with van der Waals surface area (Å²) in [5.41, 5.74) is 6.11. The molecule has 118 valence electrons. The highest BCUT2D eigenvalue weighted by atomic mass is 16.5. The van der Waals surface area contributed by atoms with Gasteiger partial charge in [0.25, 0.3) is 0 Å². The summed E-state index contributed by atoms with van der Waals surface area (Å²) < 4.78 is 11.5. The van der Waals surface area contributed by atoms with Gasteiger partial charge in [-0.1, -0.05) is 0 Å². The molecule has 1 unspecified atom stereocenters. The van der Waals surface area contributed by atoms with Crippen molar-refractivity contribution < 1.29 is 9.47 Å². The van der Waals surface area contributed by atoms with Crippen LogP contribution in [0.4, 0.5) is 11.5 Å². The molecule has 1 aromatic rings. The number of hydrogen-bond donors (Lipinski definition) is 1. The Kier molecular flexibility index (Phi) is 4.33. The Morgan fingerprint density at radius 2 is 2.05 bits per heavy atom. The first kappa shape index (κ1) is 15.9. The summed E-state index contributed by atoms with van der Waals surface area (Å²) in [6.45, 7) is 9.92. The Balaban J connectivity index is 2.22. The number of piperidine rings is 1. The van der Waals surface area contributed by atoms with E-state index in [1.165, 1.54) is 0 Å². The molecule has 0 aromatic carbocycles. The minimum absolute atomic E-state index is 0.119. The normalized spacial score (nSPS) is 23.2. The van der Waals surface area contributed by atoms with Crippen molar-refractivity contribution >= 4 is 11.5 Å². The van der Waals surface area contributed by atoms with Crippen LogP contribution in [0.3, 0.4) is 0 Å². The quantitative estimate of drug-likeness (QED) is 0.928. The molecule has 1 fully saturated rings. The van der Waals surface area contributed by atoms with Gasteiger partial charge in [-0.05, 0) is 52.7 Å². The summed E-state index contributed by atoms with van der Waals surface area (Å²) in [6.07, 6.45) is 2.16. The lowest BCUT2D eigenvalue weighted by Crippen LogP contribution is -2.47. The van der Waals surface area contributed by atoms with E-state index in [4.69, 9.17) is 15.2 Å². The average Bonchev–Trinajstić information content (AvgIpc) is 2.40. The van der Waals surface area contributed by atoms with Crippen LogP contribution in [0.1, 0.15) is 40.5 Å². The van der Waals surface area contributed by atoms with Crippen LogP contribution in [0, 0.1) is 0 Å². The molecule has 5 nitrogen and oxygen atoms in total. The number of nitrogens with two attached hydrogens (primary N) is 1. The van der Waals surface area contributed by atoms with Crippen LogP contribution >= 0.6 is 0 Å². The smallest absolute Gasteiger partial charge is 0.239 e. The van der Waals surface area contributed by atoms with Crippen molar-refractivity contribution in [3.8, 4) is 5.88 Å². The molecule has 1 aromatic heterocycles. The van der Waals surface area contributed by atoms with Crippen molar-refractivity contribution in [2.45, 2.75) is 51.7 Å². The van der Waals surface area contributed by atoms with Crippen LogP contribution < -0.4 is 15.4 Å². The van der Waals surface area contributed by atoms with Gasteiger partial charge in [0.2, 0.25) is 5.88 Å². The molecule has 0 aliphatic carbocycles. The number of pyridine rings is 1. The van der Waals surface area contributed by atoms with Crippen molar-refractivity contribution in [3.63, 3.8) is 0 Å². The molecule has 5 heteroatoms. The van der Waals surface area contributed by atoms with Gasteiger partial charge in [0, 0.05) is 20.2 Å². The molecule has 1 atom stereocenters. The molecular formula is C16H27N3O2. The third kappa shape index (κ3) is 4.00. The monoisotopic (exact) mass is 293 g/mol. The number of nitrogens with zero attached hydrogens (tertiary/aromatic N) is 2. The molecule has 2 N–H and O–H groups in total. The van der Waals surface area contributed by atoms with E-state index in [0.29, 0.717) is 11.6 Å². The van der Waals surface area contributed by atoms with Crippen LogP contribution in [0.2, 0.25) is 0 Å². The van der Waals surface area contributed by atoms with Gasteiger partial charge >= 0.3 is 0 Å². The standard InChI is InChI=1S/C16H27N3O2/c1-15(2,3)21-14-12(17)7-8-13(18-14)19-10-6-9-16(4,11-19)20-5/h7-8H,6,9-11,17H2,1-5H3. The lowest BCUT2D eigenvalue weighted by Gasteiger charge is -2.40. The van der Waals surface area contributed by atoms with E-state index in [0.717, 1.165) is 31.7 Å². The van der Waals surface area contributed by atoms with Crippen LogP contribution in [0.25, 0.3) is 0 Å². The largest absolute Gasteiger partial charge is 0.470 e. The van der Waals surface area contributed by atoms with Gasteiger partial charge in [-0.25, -0.2) is 0 Å². The van der Waals surface area contributed by atoms with E-state index in [9.17, 15) is 0 Å².